The molecule has 124 valence electrons. The third kappa shape index (κ3) is 3.33. The minimum Gasteiger partial charge on any atom is -0.378 e. The van der Waals surface area contributed by atoms with E-state index in [1.54, 1.807) is 0 Å². The molecule has 2 bridgehead atoms. The molecule has 4 rings (SSSR count). The van der Waals surface area contributed by atoms with Crippen LogP contribution in [0.4, 0.5) is 0 Å². The van der Waals surface area contributed by atoms with Gasteiger partial charge in [0.1, 0.15) is 0 Å². The Morgan fingerprint density at radius 1 is 1.05 bits per heavy atom. The molecule has 2 aliphatic heterocycles. The topological polar surface area (TPSA) is 41.6 Å². The largest absolute Gasteiger partial charge is 0.378 e. The van der Waals surface area contributed by atoms with Crippen LogP contribution in [0.5, 0.6) is 0 Å². The van der Waals surface area contributed by atoms with Crippen molar-refractivity contribution in [1.82, 2.24) is 10.2 Å². The predicted molar refractivity (Wildman–Crippen MR) is 85.6 cm³/mol. The Kier molecular flexibility index (Phi) is 4.40. The van der Waals surface area contributed by atoms with E-state index in [9.17, 15) is 4.79 Å². The van der Waals surface area contributed by atoms with Crippen LogP contribution in [0.2, 0.25) is 0 Å². The number of carbonyl (C=O) groups is 1. The number of rotatable bonds is 5. The van der Waals surface area contributed by atoms with Gasteiger partial charge in [-0.15, -0.1) is 0 Å². The molecule has 2 saturated heterocycles. The Morgan fingerprint density at radius 2 is 1.82 bits per heavy atom. The lowest BCUT2D eigenvalue weighted by Gasteiger charge is -2.47. The van der Waals surface area contributed by atoms with Gasteiger partial charge in [-0.25, -0.2) is 0 Å². The number of amides is 1. The molecule has 3 unspecified atom stereocenters. The van der Waals surface area contributed by atoms with Gasteiger partial charge in [-0.3, -0.25) is 9.69 Å². The predicted octanol–water partition coefficient (Wildman–Crippen LogP) is 2.32. The van der Waals surface area contributed by atoms with Crippen LogP contribution in [0.15, 0.2) is 0 Å². The van der Waals surface area contributed by atoms with Crippen molar-refractivity contribution in [2.24, 2.45) is 11.8 Å². The molecular weight excluding hydrogens is 276 g/mol. The molecular formula is C18H30N2O2. The zero-order valence-corrected chi connectivity index (χ0v) is 13.6. The summed E-state index contributed by atoms with van der Waals surface area (Å²) in [5, 5.41) is 3.40. The highest BCUT2D eigenvalue weighted by atomic mass is 16.5. The zero-order valence-electron chi connectivity index (χ0n) is 13.6. The van der Waals surface area contributed by atoms with Crippen molar-refractivity contribution in [2.75, 3.05) is 19.7 Å². The van der Waals surface area contributed by atoms with E-state index in [1.165, 1.54) is 45.2 Å². The summed E-state index contributed by atoms with van der Waals surface area (Å²) in [4.78, 5) is 15.1. The van der Waals surface area contributed by atoms with Crippen LogP contribution in [-0.4, -0.2) is 48.7 Å². The SMILES string of the molecule is O=C(CCC1CCCO1)NC1C2CCCC1CN(C1CC1)C2. The number of fused-ring (bicyclic) bond motifs is 2. The van der Waals surface area contributed by atoms with E-state index in [2.05, 4.69) is 10.2 Å². The van der Waals surface area contributed by atoms with Gasteiger partial charge in [0.25, 0.3) is 0 Å². The maximum atomic E-state index is 12.3. The van der Waals surface area contributed by atoms with E-state index in [0.717, 1.165) is 31.9 Å². The quantitative estimate of drug-likeness (QED) is 0.847. The Morgan fingerprint density at radius 3 is 2.45 bits per heavy atom. The Hall–Kier alpha value is -0.610. The lowest BCUT2D eigenvalue weighted by Crippen LogP contribution is -2.58. The molecule has 1 amide bonds. The number of nitrogens with one attached hydrogen (secondary N) is 1. The van der Waals surface area contributed by atoms with Gasteiger partial charge in [0.05, 0.1) is 6.10 Å². The number of piperidine rings is 1. The molecule has 4 nitrogen and oxygen atoms in total. The van der Waals surface area contributed by atoms with Crippen molar-refractivity contribution in [3.63, 3.8) is 0 Å². The Labute approximate surface area is 134 Å². The normalized spacial score (nSPS) is 38.9. The second kappa shape index (κ2) is 6.48. The van der Waals surface area contributed by atoms with E-state index in [-0.39, 0.29) is 5.91 Å². The van der Waals surface area contributed by atoms with Crippen molar-refractivity contribution in [1.29, 1.82) is 0 Å². The van der Waals surface area contributed by atoms with Gasteiger partial charge in [0.15, 0.2) is 0 Å². The van der Waals surface area contributed by atoms with E-state index < -0.39 is 0 Å². The van der Waals surface area contributed by atoms with Crippen molar-refractivity contribution < 1.29 is 9.53 Å². The molecule has 0 aromatic heterocycles. The summed E-state index contributed by atoms with van der Waals surface area (Å²) in [6.07, 6.45) is 10.9. The van der Waals surface area contributed by atoms with Crippen LogP contribution in [-0.2, 0) is 9.53 Å². The average Bonchev–Trinajstić information content (AvgIpc) is 3.21. The van der Waals surface area contributed by atoms with Crippen LogP contribution in [0.25, 0.3) is 0 Å². The summed E-state index contributed by atoms with van der Waals surface area (Å²) in [7, 11) is 0. The van der Waals surface area contributed by atoms with Gasteiger partial charge in [-0.1, -0.05) is 6.42 Å². The third-order valence-electron chi connectivity index (χ3n) is 6.21. The monoisotopic (exact) mass is 306 g/mol. The second-order valence-corrected chi connectivity index (χ2v) is 7.90. The van der Waals surface area contributed by atoms with Crippen LogP contribution >= 0.6 is 0 Å². The molecule has 2 aliphatic carbocycles. The molecule has 1 N–H and O–H groups in total. The first-order chi connectivity index (χ1) is 10.8. The number of carbonyl (C=O) groups excluding carboxylic acids is 1. The summed E-state index contributed by atoms with van der Waals surface area (Å²) in [6.45, 7) is 3.33. The molecule has 4 heteroatoms. The molecule has 0 radical (unpaired) electrons. The zero-order chi connectivity index (χ0) is 14.9. The second-order valence-electron chi connectivity index (χ2n) is 7.90. The maximum absolute atomic E-state index is 12.3. The summed E-state index contributed by atoms with van der Waals surface area (Å²) < 4.78 is 5.63. The van der Waals surface area contributed by atoms with Crippen LogP contribution in [0, 0.1) is 11.8 Å². The molecule has 0 aromatic carbocycles. The van der Waals surface area contributed by atoms with E-state index in [4.69, 9.17) is 4.74 Å². The summed E-state index contributed by atoms with van der Waals surface area (Å²) in [6, 6.07) is 1.32. The molecule has 0 spiro atoms. The Bertz CT molecular complexity index is 390. The van der Waals surface area contributed by atoms with Gasteiger partial charge >= 0.3 is 0 Å². The molecule has 2 heterocycles. The standard InChI is InChI=1S/C18H30N2O2/c21-17(9-8-16-5-2-10-22-16)19-18-13-3-1-4-14(18)12-20(11-13)15-6-7-15/h13-16,18H,1-12H2,(H,19,21). The van der Waals surface area contributed by atoms with Gasteiger partial charge in [-0.05, 0) is 56.8 Å². The van der Waals surface area contributed by atoms with E-state index >= 15 is 0 Å². The molecule has 0 aromatic rings. The van der Waals surface area contributed by atoms with Gasteiger partial charge < -0.3 is 10.1 Å². The van der Waals surface area contributed by atoms with Crippen molar-refractivity contribution in [2.45, 2.75) is 76.0 Å². The van der Waals surface area contributed by atoms with Crippen LogP contribution < -0.4 is 5.32 Å². The first-order valence-corrected chi connectivity index (χ1v) is 9.44. The van der Waals surface area contributed by atoms with Crippen molar-refractivity contribution in [3.8, 4) is 0 Å². The number of likely N-dealkylation sites (tertiary alicyclic amines) is 1. The molecule has 22 heavy (non-hydrogen) atoms. The fourth-order valence-corrected chi connectivity index (χ4v) is 4.87. The molecule has 3 atom stereocenters. The average molecular weight is 306 g/mol. The fraction of sp³-hybridized carbons (Fsp3) is 0.944. The maximum Gasteiger partial charge on any atom is 0.220 e. The molecule has 2 saturated carbocycles. The number of hydrogen-bond donors (Lipinski definition) is 1. The van der Waals surface area contributed by atoms with E-state index in [1.807, 2.05) is 0 Å². The highest BCUT2D eigenvalue weighted by Gasteiger charge is 2.43. The summed E-state index contributed by atoms with van der Waals surface area (Å²) in [5.41, 5.74) is 0. The highest BCUT2D eigenvalue weighted by molar-refractivity contribution is 5.76. The van der Waals surface area contributed by atoms with Crippen LogP contribution in [0.3, 0.4) is 0 Å². The van der Waals surface area contributed by atoms with Crippen LogP contribution in [0.1, 0.15) is 57.8 Å². The van der Waals surface area contributed by atoms with Crippen molar-refractivity contribution >= 4 is 5.91 Å². The minimum absolute atomic E-state index is 0.261. The van der Waals surface area contributed by atoms with Gasteiger partial charge in [-0.2, -0.15) is 0 Å². The first-order valence-electron chi connectivity index (χ1n) is 9.44. The summed E-state index contributed by atoms with van der Waals surface area (Å²) >= 11 is 0. The molecule has 4 aliphatic rings. The molecule has 4 fully saturated rings. The number of nitrogens with zero attached hydrogens (tertiary/aromatic N) is 1. The smallest absolute Gasteiger partial charge is 0.220 e. The lowest BCUT2D eigenvalue weighted by molar-refractivity contribution is -0.124. The number of ether oxygens (including phenoxy) is 1. The summed E-state index contributed by atoms with van der Waals surface area (Å²) in [5.74, 6) is 1.65. The number of hydrogen-bond acceptors (Lipinski definition) is 3. The lowest BCUT2D eigenvalue weighted by atomic mass is 9.73. The minimum atomic E-state index is 0.261. The fourth-order valence-electron chi connectivity index (χ4n) is 4.87. The van der Waals surface area contributed by atoms with E-state index in [0.29, 0.717) is 30.4 Å². The first kappa shape index (κ1) is 14.9. The van der Waals surface area contributed by atoms with Crippen molar-refractivity contribution in [3.05, 3.63) is 0 Å². The van der Waals surface area contributed by atoms with Gasteiger partial charge in [0.2, 0.25) is 5.91 Å². The van der Waals surface area contributed by atoms with Gasteiger partial charge in [0, 0.05) is 38.2 Å². The third-order valence-corrected chi connectivity index (χ3v) is 6.21. The Balaban J connectivity index is 1.28. The highest BCUT2D eigenvalue weighted by Crippen LogP contribution is 2.39.